The number of hydrogen-bond acceptors (Lipinski definition) is 2. The highest BCUT2D eigenvalue weighted by molar-refractivity contribution is 5.72. The number of carbonyl (C=O) groups excluding carboxylic acids is 1. The zero-order valence-electron chi connectivity index (χ0n) is 7.25. The van der Waals surface area contributed by atoms with Gasteiger partial charge in [0.05, 0.1) is 6.61 Å². The lowest BCUT2D eigenvalue weighted by Gasteiger charge is -2.24. The van der Waals surface area contributed by atoms with Crippen molar-refractivity contribution in [2.24, 2.45) is 5.73 Å². The van der Waals surface area contributed by atoms with E-state index in [1.54, 1.807) is 12.0 Å². The van der Waals surface area contributed by atoms with Gasteiger partial charge in [-0.25, -0.2) is 4.79 Å². The molecule has 0 unspecified atom stereocenters. The molecule has 0 saturated heterocycles. The second kappa shape index (κ2) is 4.11. The van der Waals surface area contributed by atoms with Crippen LogP contribution in [0.4, 0.5) is 4.79 Å². The van der Waals surface area contributed by atoms with Gasteiger partial charge in [0.15, 0.2) is 0 Å². The predicted octanol–water partition coefficient (Wildman–Crippen LogP) is 0.344. The van der Waals surface area contributed by atoms with Crippen molar-refractivity contribution in [2.75, 3.05) is 26.8 Å². The number of ether oxygens (including phenoxy) is 1. The predicted molar refractivity (Wildman–Crippen MR) is 45.7 cm³/mol. The van der Waals surface area contributed by atoms with Crippen molar-refractivity contribution in [2.45, 2.75) is 6.42 Å². The summed E-state index contributed by atoms with van der Waals surface area (Å²) in [5, 5.41) is 0. The first-order valence-electron chi connectivity index (χ1n) is 3.95. The Labute approximate surface area is 72.0 Å². The summed E-state index contributed by atoms with van der Waals surface area (Å²) in [7, 11) is 1.67. The summed E-state index contributed by atoms with van der Waals surface area (Å²) in [6.07, 6.45) is 2.87. The van der Waals surface area contributed by atoms with Crippen LogP contribution in [0.25, 0.3) is 0 Å². The monoisotopic (exact) mass is 170 g/mol. The van der Waals surface area contributed by atoms with Gasteiger partial charge in [-0.15, -0.1) is 0 Å². The Morgan fingerprint density at radius 2 is 2.58 bits per heavy atom. The van der Waals surface area contributed by atoms with E-state index in [4.69, 9.17) is 10.5 Å². The molecular formula is C8H14N2O2. The first kappa shape index (κ1) is 9.06. The molecule has 0 bridgehead atoms. The molecule has 0 atom stereocenters. The molecule has 1 rings (SSSR count). The van der Waals surface area contributed by atoms with Crippen molar-refractivity contribution in [3.63, 3.8) is 0 Å². The maximum absolute atomic E-state index is 10.7. The van der Waals surface area contributed by atoms with Crippen molar-refractivity contribution in [3.05, 3.63) is 11.6 Å². The third-order valence-corrected chi connectivity index (χ3v) is 1.94. The van der Waals surface area contributed by atoms with Gasteiger partial charge in [-0.05, 0) is 12.0 Å². The molecule has 4 nitrogen and oxygen atoms in total. The summed E-state index contributed by atoms with van der Waals surface area (Å²) in [6, 6.07) is -0.345. The number of amides is 2. The number of hydrogen-bond donors (Lipinski definition) is 1. The SMILES string of the molecule is COCC1=CCN(C(N)=O)CC1. The van der Waals surface area contributed by atoms with Crippen LogP contribution in [0.2, 0.25) is 0 Å². The number of rotatable bonds is 2. The van der Waals surface area contributed by atoms with Crippen molar-refractivity contribution < 1.29 is 9.53 Å². The van der Waals surface area contributed by atoms with Crippen LogP contribution in [0.15, 0.2) is 11.6 Å². The van der Waals surface area contributed by atoms with Crippen LogP contribution in [-0.2, 0) is 4.74 Å². The van der Waals surface area contributed by atoms with Crippen molar-refractivity contribution >= 4 is 6.03 Å². The minimum absolute atomic E-state index is 0.345. The molecule has 0 saturated carbocycles. The number of primary amides is 1. The van der Waals surface area contributed by atoms with Gasteiger partial charge in [-0.1, -0.05) is 6.08 Å². The third-order valence-electron chi connectivity index (χ3n) is 1.94. The minimum atomic E-state index is -0.345. The molecule has 0 aromatic carbocycles. The van der Waals surface area contributed by atoms with Crippen molar-refractivity contribution in [1.82, 2.24) is 4.90 Å². The zero-order valence-corrected chi connectivity index (χ0v) is 7.25. The van der Waals surface area contributed by atoms with E-state index >= 15 is 0 Å². The average Bonchev–Trinajstić information content (AvgIpc) is 2.06. The topological polar surface area (TPSA) is 55.6 Å². The molecule has 2 N–H and O–H groups in total. The van der Waals surface area contributed by atoms with Crippen LogP contribution >= 0.6 is 0 Å². The van der Waals surface area contributed by atoms with Gasteiger partial charge in [0.2, 0.25) is 0 Å². The number of nitrogens with two attached hydrogens (primary N) is 1. The molecule has 4 heteroatoms. The van der Waals surface area contributed by atoms with Gasteiger partial charge in [-0.2, -0.15) is 0 Å². The standard InChI is InChI=1S/C8H14N2O2/c1-12-6-7-2-4-10(5-3-7)8(9)11/h2H,3-6H2,1H3,(H2,9,11). The molecule has 0 aromatic heterocycles. The number of methoxy groups -OCH3 is 1. The van der Waals surface area contributed by atoms with Crippen LogP contribution in [0.5, 0.6) is 0 Å². The van der Waals surface area contributed by atoms with Crippen molar-refractivity contribution in [1.29, 1.82) is 0 Å². The third kappa shape index (κ3) is 2.23. The molecule has 1 aliphatic heterocycles. The Kier molecular flexibility index (Phi) is 3.10. The maximum Gasteiger partial charge on any atom is 0.315 e. The normalized spacial score (nSPS) is 17.4. The van der Waals surface area contributed by atoms with E-state index in [-0.39, 0.29) is 6.03 Å². The first-order valence-corrected chi connectivity index (χ1v) is 3.95. The lowest BCUT2D eigenvalue weighted by Crippen LogP contribution is -2.38. The van der Waals surface area contributed by atoms with E-state index in [1.165, 1.54) is 5.57 Å². The van der Waals surface area contributed by atoms with E-state index in [0.29, 0.717) is 19.7 Å². The van der Waals surface area contributed by atoms with Gasteiger partial charge < -0.3 is 15.4 Å². The first-order chi connectivity index (χ1) is 5.74. The zero-order chi connectivity index (χ0) is 8.97. The highest BCUT2D eigenvalue weighted by Gasteiger charge is 2.13. The molecule has 0 fully saturated rings. The van der Waals surface area contributed by atoms with Crippen molar-refractivity contribution in [3.8, 4) is 0 Å². The Morgan fingerprint density at radius 3 is 3.00 bits per heavy atom. The van der Waals surface area contributed by atoms with Gasteiger partial charge >= 0.3 is 6.03 Å². The Hall–Kier alpha value is -1.03. The molecule has 68 valence electrons. The second-order valence-electron chi connectivity index (χ2n) is 2.83. The van der Waals surface area contributed by atoms with Gasteiger partial charge in [0, 0.05) is 20.2 Å². The fraction of sp³-hybridized carbons (Fsp3) is 0.625. The van der Waals surface area contributed by atoms with Crippen LogP contribution in [0.1, 0.15) is 6.42 Å². The van der Waals surface area contributed by atoms with Gasteiger partial charge in [0.1, 0.15) is 0 Å². The number of nitrogens with zero attached hydrogens (tertiary/aromatic N) is 1. The summed E-state index contributed by atoms with van der Waals surface area (Å²) in [5.41, 5.74) is 6.36. The second-order valence-corrected chi connectivity index (χ2v) is 2.83. The molecule has 0 spiro atoms. The Bertz CT molecular complexity index is 201. The molecule has 1 heterocycles. The van der Waals surface area contributed by atoms with E-state index in [0.717, 1.165) is 6.42 Å². The summed E-state index contributed by atoms with van der Waals surface area (Å²) in [6.45, 7) is 1.99. The van der Waals surface area contributed by atoms with E-state index in [9.17, 15) is 4.79 Å². The largest absolute Gasteiger partial charge is 0.380 e. The van der Waals surface area contributed by atoms with E-state index in [1.807, 2.05) is 6.08 Å². The minimum Gasteiger partial charge on any atom is -0.380 e. The molecule has 1 aliphatic rings. The Morgan fingerprint density at radius 1 is 1.83 bits per heavy atom. The summed E-state index contributed by atoms with van der Waals surface area (Å²) >= 11 is 0. The van der Waals surface area contributed by atoms with Crippen LogP contribution < -0.4 is 5.73 Å². The molecule has 12 heavy (non-hydrogen) atoms. The summed E-state index contributed by atoms with van der Waals surface area (Å²) in [5.74, 6) is 0. The van der Waals surface area contributed by atoms with Crippen LogP contribution in [0, 0.1) is 0 Å². The fourth-order valence-electron chi connectivity index (χ4n) is 1.23. The number of carbonyl (C=O) groups is 1. The highest BCUT2D eigenvalue weighted by atomic mass is 16.5. The summed E-state index contributed by atoms with van der Waals surface area (Å²) < 4.78 is 4.97. The molecule has 0 aromatic rings. The summed E-state index contributed by atoms with van der Waals surface area (Å²) in [4.78, 5) is 12.3. The maximum atomic E-state index is 10.7. The van der Waals surface area contributed by atoms with Gasteiger partial charge in [-0.3, -0.25) is 0 Å². The highest BCUT2D eigenvalue weighted by Crippen LogP contribution is 2.09. The van der Waals surface area contributed by atoms with Gasteiger partial charge in [0.25, 0.3) is 0 Å². The van der Waals surface area contributed by atoms with Crippen LogP contribution in [0.3, 0.4) is 0 Å². The molecule has 0 radical (unpaired) electrons. The van der Waals surface area contributed by atoms with Crippen LogP contribution in [-0.4, -0.2) is 37.7 Å². The lowest BCUT2D eigenvalue weighted by molar-refractivity contribution is 0.201. The Balaban J connectivity index is 2.42. The quantitative estimate of drug-likeness (QED) is 0.608. The average molecular weight is 170 g/mol. The molecule has 0 aliphatic carbocycles. The van der Waals surface area contributed by atoms with E-state index < -0.39 is 0 Å². The molecular weight excluding hydrogens is 156 g/mol. The molecule has 2 amide bonds. The smallest absolute Gasteiger partial charge is 0.315 e. The fourth-order valence-corrected chi connectivity index (χ4v) is 1.23. The lowest BCUT2D eigenvalue weighted by atomic mass is 10.1. The van der Waals surface area contributed by atoms with E-state index in [2.05, 4.69) is 0 Å². The number of urea groups is 1.